The minimum Gasteiger partial charge on any atom is -0.377 e. The minimum absolute atomic E-state index is 0.105. The number of amides is 1. The van der Waals surface area contributed by atoms with Gasteiger partial charge in [-0.05, 0) is 0 Å². The third kappa shape index (κ3) is 10.2. The van der Waals surface area contributed by atoms with Gasteiger partial charge < -0.3 is 28.6 Å². The second-order valence-electron chi connectivity index (χ2n) is 6.60. The van der Waals surface area contributed by atoms with Gasteiger partial charge in [0.1, 0.15) is 0 Å². The van der Waals surface area contributed by atoms with E-state index in [0.29, 0.717) is 79.2 Å². The summed E-state index contributed by atoms with van der Waals surface area (Å²) in [6.45, 7) is 12.1. The van der Waals surface area contributed by atoms with Gasteiger partial charge in [0.2, 0.25) is 5.91 Å². The summed E-state index contributed by atoms with van der Waals surface area (Å²) in [5.74, 6) is 0.105. The van der Waals surface area contributed by atoms with Gasteiger partial charge in [-0.2, -0.15) is 0 Å². The SMILES string of the molecule is CC(C)(C)C(=O)N1CCOCCOCCOCCOCCOCC1. The number of nitrogens with zero attached hydrogens (tertiary/aromatic N) is 1. The Kier molecular flexibility index (Phi) is 11.2. The van der Waals surface area contributed by atoms with Crippen LogP contribution in [-0.2, 0) is 28.5 Å². The number of hydrogen-bond acceptors (Lipinski definition) is 6. The van der Waals surface area contributed by atoms with E-state index in [9.17, 15) is 4.79 Å². The molecule has 1 fully saturated rings. The van der Waals surface area contributed by atoms with E-state index >= 15 is 0 Å². The fraction of sp³-hybridized carbons (Fsp3) is 0.941. The van der Waals surface area contributed by atoms with Crippen molar-refractivity contribution in [2.75, 3.05) is 79.2 Å². The molecule has 0 unspecified atom stereocenters. The zero-order valence-electron chi connectivity index (χ0n) is 15.4. The summed E-state index contributed by atoms with van der Waals surface area (Å²) < 4.78 is 27.3. The number of hydrogen-bond donors (Lipinski definition) is 0. The van der Waals surface area contributed by atoms with Gasteiger partial charge in [0.05, 0.1) is 66.1 Å². The highest BCUT2D eigenvalue weighted by Gasteiger charge is 2.26. The highest BCUT2D eigenvalue weighted by Crippen LogP contribution is 2.17. The summed E-state index contributed by atoms with van der Waals surface area (Å²) in [6, 6.07) is 0. The van der Waals surface area contributed by atoms with Crippen molar-refractivity contribution < 1.29 is 28.5 Å². The molecule has 0 aromatic carbocycles. The van der Waals surface area contributed by atoms with Crippen LogP contribution in [0, 0.1) is 5.41 Å². The fourth-order valence-electron chi connectivity index (χ4n) is 2.12. The molecule has 0 saturated carbocycles. The first-order chi connectivity index (χ1) is 11.5. The molecule has 0 spiro atoms. The molecule has 1 amide bonds. The lowest BCUT2D eigenvalue weighted by Gasteiger charge is -2.29. The molecule has 142 valence electrons. The monoisotopic (exact) mass is 347 g/mol. The van der Waals surface area contributed by atoms with Crippen molar-refractivity contribution in [3.05, 3.63) is 0 Å². The maximum atomic E-state index is 12.5. The van der Waals surface area contributed by atoms with Crippen LogP contribution in [0.3, 0.4) is 0 Å². The average Bonchev–Trinajstić information content (AvgIpc) is 2.53. The first-order valence-corrected chi connectivity index (χ1v) is 8.70. The summed E-state index contributed by atoms with van der Waals surface area (Å²) in [4.78, 5) is 14.3. The molecular weight excluding hydrogens is 314 g/mol. The first kappa shape index (κ1) is 21.3. The molecule has 7 nitrogen and oxygen atoms in total. The molecule has 0 N–H and O–H groups in total. The molecule has 0 aromatic rings. The smallest absolute Gasteiger partial charge is 0.228 e. The molecule has 1 aliphatic heterocycles. The van der Waals surface area contributed by atoms with Crippen LogP contribution in [0.4, 0.5) is 0 Å². The molecule has 1 rings (SSSR count). The highest BCUT2D eigenvalue weighted by atomic mass is 16.6. The van der Waals surface area contributed by atoms with E-state index in [1.165, 1.54) is 0 Å². The van der Waals surface area contributed by atoms with Gasteiger partial charge in [-0.15, -0.1) is 0 Å². The predicted molar refractivity (Wildman–Crippen MR) is 90.1 cm³/mol. The molecular formula is C17H33NO6. The second-order valence-corrected chi connectivity index (χ2v) is 6.60. The lowest BCUT2D eigenvalue weighted by Crippen LogP contribution is -2.43. The van der Waals surface area contributed by atoms with Crippen molar-refractivity contribution in [3.63, 3.8) is 0 Å². The van der Waals surface area contributed by atoms with Crippen molar-refractivity contribution in [1.29, 1.82) is 0 Å². The van der Waals surface area contributed by atoms with Crippen LogP contribution < -0.4 is 0 Å². The Morgan fingerprint density at radius 2 is 0.917 bits per heavy atom. The van der Waals surface area contributed by atoms with Gasteiger partial charge >= 0.3 is 0 Å². The van der Waals surface area contributed by atoms with Crippen molar-refractivity contribution >= 4 is 5.91 Å². The lowest BCUT2D eigenvalue weighted by atomic mass is 9.95. The van der Waals surface area contributed by atoms with E-state index < -0.39 is 5.41 Å². The van der Waals surface area contributed by atoms with Gasteiger partial charge in [-0.25, -0.2) is 0 Å². The van der Waals surface area contributed by atoms with E-state index in [4.69, 9.17) is 23.7 Å². The summed E-state index contributed by atoms with van der Waals surface area (Å²) in [5, 5.41) is 0. The van der Waals surface area contributed by atoms with Crippen LogP contribution in [0.25, 0.3) is 0 Å². The van der Waals surface area contributed by atoms with Gasteiger partial charge in [0.15, 0.2) is 0 Å². The van der Waals surface area contributed by atoms with Crippen molar-refractivity contribution in [3.8, 4) is 0 Å². The predicted octanol–water partition coefficient (Wildman–Crippen LogP) is 0.958. The van der Waals surface area contributed by atoms with Gasteiger partial charge in [-0.1, -0.05) is 20.8 Å². The zero-order valence-corrected chi connectivity index (χ0v) is 15.4. The maximum Gasteiger partial charge on any atom is 0.228 e. The van der Waals surface area contributed by atoms with Crippen LogP contribution >= 0.6 is 0 Å². The molecule has 1 saturated heterocycles. The number of carbonyl (C=O) groups excluding carboxylic acids is 1. The Morgan fingerprint density at radius 3 is 1.21 bits per heavy atom. The Hall–Kier alpha value is -0.730. The summed E-state index contributed by atoms with van der Waals surface area (Å²) in [7, 11) is 0. The first-order valence-electron chi connectivity index (χ1n) is 8.70. The van der Waals surface area contributed by atoms with E-state index in [2.05, 4.69) is 0 Å². The second kappa shape index (κ2) is 12.6. The highest BCUT2D eigenvalue weighted by molar-refractivity contribution is 5.81. The van der Waals surface area contributed by atoms with Crippen LogP contribution in [0.2, 0.25) is 0 Å². The van der Waals surface area contributed by atoms with Gasteiger partial charge in [0.25, 0.3) is 0 Å². The zero-order chi connectivity index (χ0) is 17.7. The molecule has 1 heterocycles. The summed E-state index contributed by atoms with van der Waals surface area (Å²) in [6.07, 6.45) is 0. The molecule has 0 atom stereocenters. The summed E-state index contributed by atoms with van der Waals surface area (Å²) >= 11 is 0. The number of ether oxygens (including phenoxy) is 5. The van der Waals surface area contributed by atoms with Crippen LogP contribution in [-0.4, -0.2) is 90.0 Å². The molecule has 0 radical (unpaired) electrons. The fourth-order valence-corrected chi connectivity index (χ4v) is 2.12. The topological polar surface area (TPSA) is 66.5 Å². The molecule has 7 heteroatoms. The largest absolute Gasteiger partial charge is 0.377 e. The van der Waals surface area contributed by atoms with Gasteiger partial charge in [-0.3, -0.25) is 4.79 Å². The van der Waals surface area contributed by atoms with Crippen LogP contribution in [0.5, 0.6) is 0 Å². The van der Waals surface area contributed by atoms with E-state index in [0.717, 1.165) is 0 Å². The third-order valence-corrected chi connectivity index (χ3v) is 3.43. The third-order valence-electron chi connectivity index (χ3n) is 3.43. The minimum atomic E-state index is -0.413. The van der Waals surface area contributed by atoms with Gasteiger partial charge in [0, 0.05) is 18.5 Å². The van der Waals surface area contributed by atoms with E-state index in [-0.39, 0.29) is 5.91 Å². The molecule has 0 aliphatic carbocycles. The van der Waals surface area contributed by atoms with Crippen molar-refractivity contribution in [1.82, 2.24) is 4.90 Å². The normalized spacial score (nSPS) is 21.7. The number of rotatable bonds is 0. The Labute approximate surface area is 145 Å². The lowest BCUT2D eigenvalue weighted by molar-refractivity contribution is -0.141. The van der Waals surface area contributed by atoms with E-state index in [1.54, 1.807) is 4.90 Å². The standard InChI is InChI=1S/C17H33NO6/c1-17(2,3)16(19)18-4-6-20-8-10-22-12-14-24-15-13-23-11-9-21-7-5-18/h4-15H2,1-3H3. The maximum absolute atomic E-state index is 12.5. The molecule has 0 aromatic heterocycles. The van der Waals surface area contributed by atoms with Crippen LogP contribution in [0.1, 0.15) is 20.8 Å². The molecule has 1 aliphatic rings. The average molecular weight is 347 g/mol. The number of carbonyl (C=O) groups is 1. The molecule has 0 bridgehead atoms. The van der Waals surface area contributed by atoms with E-state index in [1.807, 2.05) is 20.8 Å². The summed E-state index contributed by atoms with van der Waals surface area (Å²) in [5.41, 5.74) is -0.413. The molecule has 24 heavy (non-hydrogen) atoms. The van der Waals surface area contributed by atoms with Crippen molar-refractivity contribution in [2.24, 2.45) is 5.41 Å². The van der Waals surface area contributed by atoms with Crippen molar-refractivity contribution in [2.45, 2.75) is 20.8 Å². The Morgan fingerprint density at radius 1 is 0.625 bits per heavy atom. The Bertz CT molecular complexity index is 314. The Balaban J connectivity index is 2.41. The van der Waals surface area contributed by atoms with Crippen LogP contribution in [0.15, 0.2) is 0 Å². The quantitative estimate of drug-likeness (QED) is 0.650.